The Hall–Kier alpha value is -1.95. The molecule has 1 aliphatic carbocycles. The zero-order chi connectivity index (χ0) is 14.0. The molecule has 0 heterocycles. The molecular formula is C12H14ClN3O3. The van der Waals surface area contributed by atoms with Crippen molar-refractivity contribution in [2.45, 2.75) is 12.8 Å². The van der Waals surface area contributed by atoms with Gasteiger partial charge in [0.25, 0.3) is 0 Å². The minimum Gasteiger partial charge on any atom is -0.495 e. The zero-order valence-corrected chi connectivity index (χ0v) is 11.1. The molecule has 0 aromatic heterocycles. The standard InChI is InChI=1S/C12H14ClN3O3/c1-19-9-6-7(2-3-8(9)13)15-11(17)12(4-5-12)10(14)16-18/h2-3,6,18H,4-5H2,1H3,(H2,14,16)(H,15,17). The number of nitrogens with zero attached hydrogens (tertiary/aromatic N) is 1. The lowest BCUT2D eigenvalue weighted by atomic mass is 10.1. The maximum atomic E-state index is 12.1. The summed E-state index contributed by atoms with van der Waals surface area (Å²) < 4.78 is 5.07. The molecule has 1 aliphatic rings. The van der Waals surface area contributed by atoms with Gasteiger partial charge in [0, 0.05) is 11.8 Å². The molecule has 4 N–H and O–H groups in total. The van der Waals surface area contributed by atoms with Gasteiger partial charge in [0.2, 0.25) is 5.91 Å². The van der Waals surface area contributed by atoms with Gasteiger partial charge in [0.1, 0.15) is 11.2 Å². The van der Waals surface area contributed by atoms with E-state index in [2.05, 4.69) is 10.5 Å². The molecule has 0 unspecified atom stereocenters. The Morgan fingerprint density at radius 3 is 2.79 bits per heavy atom. The lowest BCUT2D eigenvalue weighted by Gasteiger charge is -2.14. The Bertz CT molecular complexity index is 541. The third-order valence-corrected chi connectivity index (χ3v) is 3.50. The molecule has 7 heteroatoms. The number of amidine groups is 1. The molecule has 1 fully saturated rings. The van der Waals surface area contributed by atoms with Crippen molar-refractivity contribution in [1.82, 2.24) is 0 Å². The first kappa shape index (κ1) is 13.5. The topological polar surface area (TPSA) is 96.9 Å². The molecule has 1 aromatic rings. The number of hydrogen-bond acceptors (Lipinski definition) is 4. The van der Waals surface area contributed by atoms with E-state index in [-0.39, 0.29) is 11.7 Å². The van der Waals surface area contributed by atoms with Crippen LogP contribution in [0.25, 0.3) is 0 Å². The molecular weight excluding hydrogens is 270 g/mol. The number of carbonyl (C=O) groups is 1. The highest BCUT2D eigenvalue weighted by Gasteiger charge is 2.54. The van der Waals surface area contributed by atoms with Crippen LogP contribution in [0.3, 0.4) is 0 Å². The van der Waals surface area contributed by atoms with Crippen LogP contribution >= 0.6 is 11.6 Å². The molecule has 0 bridgehead atoms. The van der Waals surface area contributed by atoms with Crippen molar-refractivity contribution < 1.29 is 14.7 Å². The van der Waals surface area contributed by atoms with Gasteiger partial charge >= 0.3 is 0 Å². The fourth-order valence-corrected chi connectivity index (χ4v) is 2.00. The van der Waals surface area contributed by atoms with E-state index in [0.29, 0.717) is 29.3 Å². The van der Waals surface area contributed by atoms with E-state index < -0.39 is 5.41 Å². The lowest BCUT2D eigenvalue weighted by molar-refractivity contribution is -0.119. The predicted molar refractivity (Wildman–Crippen MR) is 71.7 cm³/mol. The molecule has 19 heavy (non-hydrogen) atoms. The van der Waals surface area contributed by atoms with Gasteiger partial charge in [-0.05, 0) is 25.0 Å². The van der Waals surface area contributed by atoms with Crippen molar-refractivity contribution >= 4 is 29.0 Å². The van der Waals surface area contributed by atoms with Gasteiger partial charge in [0.15, 0.2) is 5.84 Å². The Morgan fingerprint density at radius 1 is 1.58 bits per heavy atom. The number of ether oxygens (including phenoxy) is 1. The third-order valence-electron chi connectivity index (χ3n) is 3.19. The summed E-state index contributed by atoms with van der Waals surface area (Å²) in [4.78, 5) is 12.1. The van der Waals surface area contributed by atoms with Crippen molar-refractivity contribution in [3.05, 3.63) is 23.2 Å². The van der Waals surface area contributed by atoms with E-state index in [4.69, 9.17) is 27.3 Å². The fraction of sp³-hybridized carbons (Fsp3) is 0.333. The lowest BCUT2D eigenvalue weighted by Crippen LogP contribution is -2.36. The highest BCUT2D eigenvalue weighted by Crippen LogP contribution is 2.46. The van der Waals surface area contributed by atoms with E-state index in [9.17, 15) is 4.79 Å². The highest BCUT2D eigenvalue weighted by atomic mass is 35.5. The molecule has 2 rings (SSSR count). The van der Waals surface area contributed by atoms with Crippen LogP contribution in [0, 0.1) is 5.41 Å². The van der Waals surface area contributed by atoms with E-state index >= 15 is 0 Å². The van der Waals surface area contributed by atoms with Gasteiger partial charge in [0.05, 0.1) is 12.1 Å². The second-order valence-electron chi connectivity index (χ2n) is 4.37. The third kappa shape index (κ3) is 2.44. The monoisotopic (exact) mass is 283 g/mol. The van der Waals surface area contributed by atoms with E-state index in [0.717, 1.165) is 0 Å². The average molecular weight is 284 g/mol. The summed E-state index contributed by atoms with van der Waals surface area (Å²) >= 11 is 5.90. The van der Waals surface area contributed by atoms with E-state index in [1.807, 2.05) is 0 Å². The molecule has 0 atom stereocenters. The second-order valence-corrected chi connectivity index (χ2v) is 4.78. The maximum absolute atomic E-state index is 12.1. The van der Waals surface area contributed by atoms with Crippen LogP contribution in [0.1, 0.15) is 12.8 Å². The zero-order valence-electron chi connectivity index (χ0n) is 10.3. The van der Waals surface area contributed by atoms with Crippen LogP contribution in [0.15, 0.2) is 23.4 Å². The summed E-state index contributed by atoms with van der Waals surface area (Å²) in [7, 11) is 1.49. The second kappa shape index (κ2) is 4.97. The summed E-state index contributed by atoms with van der Waals surface area (Å²) in [5, 5.41) is 14.8. The fourth-order valence-electron chi connectivity index (χ4n) is 1.81. The van der Waals surface area contributed by atoms with E-state index in [1.165, 1.54) is 7.11 Å². The highest BCUT2D eigenvalue weighted by molar-refractivity contribution is 6.32. The van der Waals surface area contributed by atoms with E-state index in [1.54, 1.807) is 18.2 Å². The molecule has 0 aliphatic heterocycles. The Labute approximate surface area is 115 Å². The number of nitrogens with two attached hydrogens (primary N) is 1. The molecule has 0 radical (unpaired) electrons. The first-order valence-electron chi connectivity index (χ1n) is 5.66. The van der Waals surface area contributed by atoms with Gasteiger partial charge in [-0.2, -0.15) is 0 Å². The van der Waals surface area contributed by atoms with Crippen molar-refractivity contribution in [1.29, 1.82) is 0 Å². The maximum Gasteiger partial charge on any atom is 0.238 e. The number of amides is 1. The number of benzene rings is 1. The van der Waals surface area contributed by atoms with Crippen molar-refractivity contribution in [2.75, 3.05) is 12.4 Å². The van der Waals surface area contributed by atoms with Gasteiger partial charge in [-0.15, -0.1) is 0 Å². The number of hydrogen-bond donors (Lipinski definition) is 3. The summed E-state index contributed by atoms with van der Waals surface area (Å²) in [6, 6.07) is 4.90. The number of rotatable bonds is 4. The Balaban J connectivity index is 2.16. The molecule has 102 valence electrons. The number of nitrogens with one attached hydrogen (secondary N) is 1. The summed E-state index contributed by atoms with van der Waals surface area (Å²) in [6.07, 6.45) is 1.14. The van der Waals surface area contributed by atoms with Crippen molar-refractivity contribution in [3.63, 3.8) is 0 Å². The van der Waals surface area contributed by atoms with Crippen LogP contribution in [-0.4, -0.2) is 24.1 Å². The minimum absolute atomic E-state index is 0.0640. The quantitative estimate of drug-likeness (QED) is 0.340. The molecule has 0 spiro atoms. The van der Waals surface area contributed by atoms with Crippen LogP contribution < -0.4 is 15.8 Å². The summed E-state index contributed by atoms with van der Waals surface area (Å²) in [5.74, 6) is 0.103. The molecule has 1 saturated carbocycles. The average Bonchev–Trinajstić information content (AvgIpc) is 3.21. The number of anilines is 1. The summed E-state index contributed by atoms with van der Waals surface area (Å²) in [5.41, 5.74) is 5.20. The van der Waals surface area contributed by atoms with Crippen LogP contribution in [0.5, 0.6) is 5.75 Å². The number of carbonyl (C=O) groups excluding carboxylic acids is 1. The van der Waals surface area contributed by atoms with Gasteiger partial charge in [-0.3, -0.25) is 4.79 Å². The molecule has 1 amide bonds. The SMILES string of the molecule is COc1cc(NC(=O)C2(/C(N)=N/O)CC2)ccc1Cl. The first-order valence-corrected chi connectivity index (χ1v) is 6.04. The van der Waals surface area contributed by atoms with Gasteiger partial charge in [-0.25, -0.2) is 0 Å². The minimum atomic E-state index is -0.887. The van der Waals surface area contributed by atoms with Crippen molar-refractivity contribution in [3.8, 4) is 5.75 Å². The first-order chi connectivity index (χ1) is 9.03. The molecule has 1 aromatic carbocycles. The molecule has 0 saturated heterocycles. The van der Waals surface area contributed by atoms with Gasteiger partial charge in [-0.1, -0.05) is 16.8 Å². The largest absolute Gasteiger partial charge is 0.495 e. The summed E-state index contributed by atoms with van der Waals surface area (Å²) in [6.45, 7) is 0. The number of halogens is 1. The number of methoxy groups -OCH3 is 1. The van der Waals surface area contributed by atoms with Gasteiger partial charge < -0.3 is 21.0 Å². The van der Waals surface area contributed by atoms with Crippen molar-refractivity contribution in [2.24, 2.45) is 16.3 Å². The predicted octanol–water partition coefficient (Wildman–Crippen LogP) is 1.81. The Kier molecular flexibility index (Phi) is 3.53. The molecule has 6 nitrogen and oxygen atoms in total. The Morgan fingerprint density at radius 2 is 2.26 bits per heavy atom. The normalized spacial score (nSPS) is 16.8. The number of oxime groups is 1. The van der Waals surface area contributed by atoms with Crippen LogP contribution in [0.4, 0.5) is 5.69 Å². The van der Waals surface area contributed by atoms with Crippen LogP contribution in [0.2, 0.25) is 5.02 Å². The smallest absolute Gasteiger partial charge is 0.238 e. The van der Waals surface area contributed by atoms with Crippen LogP contribution in [-0.2, 0) is 4.79 Å².